The lowest BCUT2D eigenvalue weighted by Crippen LogP contribution is -3.00. The maximum atomic E-state index is 11.9. The van der Waals surface area contributed by atoms with Crippen LogP contribution in [0, 0.1) is 10.1 Å². The van der Waals surface area contributed by atoms with Crippen LogP contribution in [-0.2, 0) is 11.3 Å². The molecule has 0 atom stereocenters. The topological polar surface area (TPSA) is 76.1 Å². The van der Waals surface area contributed by atoms with Crippen molar-refractivity contribution in [3.63, 3.8) is 0 Å². The molecule has 0 fully saturated rings. The highest BCUT2D eigenvalue weighted by Gasteiger charge is 2.12. The van der Waals surface area contributed by atoms with Gasteiger partial charge in [-0.1, -0.05) is 6.07 Å². The number of nitro benzene ring substituents is 1. The van der Waals surface area contributed by atoms with Crippen LogP contribution in [0.4, 0.5) is 11.4 Å². The van der Waals surface area contributed by atoms with Crippen LogP contribution in [0.15, 0.2) is 53.3 Å². The minimum atomic E-state index is -0.501. The van der Waals surface area contributed by atoms with Crippen LogP contribution >= 0.6 is 15.9 Å². The molecule has 1 N–H and O–H groups in total. The minimum absolute atomic E-state index is 0. The quantitative estimate of drug-likeness (QED) is 0.406. The molecule has 0 aliphatic heterocycles. The number of anilines is 1. The Balaban J connectivity index is 0.00000220. The van der Waals surface area contributed by atoms with Crippen molar-refractivity contribution in [3.05, 3.63) is 63.4 Å². The largest absolute Gasteiger partial charge is 1.00 e. The molecule has 6 nitrogen and oxygen atoms in total. The molecular weight excluding hydrogens is 406 g/mol. The molecule has 0 saturated carbocycles. The lowest BCUT2D eigenvalue weighted by atomic mass is 10.3. The number of amides is 1. The summed E-state index contributed by atoms with van der Waals surface area (Å²) in [5.74, 6) is -0.256. The van der Waals surface area contributed by atoms with Crippen molar-refractivity contribution in [2.75, 3.05) is 5.32 Å². The van der Waals surface area contributed by atoms with Crippen molar-refractivity contribution in [2.24, 2.45) is 0 Å². The molecule has 0 unspecified atom stereocenters. The van der Waals surface area contributed by atoms with Crippen LogP contribution in [0.5, 0.6) is 0 Å². The van der Waals surface area contributed by atoms with Crippen LogP contribution < -0.4 is 26.9 Å². The highest BCUT2D eigenvalue weighted by Crippen LogP contribution is 2.16. The van der Waals surface area contributed by atoms with Crippen molar-refractivity contribution in [1.29, 1.82) is 0 Å². The number of halogens is 2. The van der Waals surface area contributed by atoms with E-state index in [9.17, 15) is 14.9 Å². The molecule has 0 radical (unpaired) electrons. The van der Waals surface area contributed by atoms with Crippen LogP contribution in [0.3, 0.4) is 0 Å². The second-order valence-corrected chi connectivity index (χ2v) is 4.97. The molecule has 8 heteroatoms. The molecule has 0 saturated heterocycles. The maximum Gasteiger partial charge on any atom is 0.290 e. The second kappa shape index (κ2) is 7.84. The number of nitrogens with one attached hydrogen (secondary N) is 1. The zero-order chi connectivity index (χ0) is 14.5. The van der Waals surface area contributed by atoms with Gasteiger partial charge in [-0.05, 0) is 28.1 Å². The summed E-state index contributed by atoms with van der Waals surface area (Å²) < 4.78 is 2.57. The summed E-state index contributed by atoms with van der Waals surface area (Å²) in [6.45, 7) is 0.127. The van der Waals surface area contributed by atoms with Gasteiger partial charge in [0.15, 0.2) is 12.4 Å². The molecule has 1 amide bonds. The Morgan fingerprint density at radius 2 is 2.10 bits per heavy atom. The number of hydrogen-bond donors (Lipinski definition) is 1. The first-order valence-electron chi connectivity index (χ1n) is 5.73. The van der Waals surface area contributed by atoms with E-state index in [0.717, 1.165) is 4.47 Å². The SMILES string of the molecule is O=C(C[n+]1cccc(Br)c1)Nc1cccc([N+](=O)[O-])c1.[Br-]. The van der Waals surface area contributed by atoms with E-state index in [4.69, 9.17) is 0 Å². The molecule has 2 rings (SSSR count). The van der Waals surface area contributed by atoms with E-state index in [0.29, 0.717) is 5.69 Å². The Morgan fingerprint density at radius 3 is 2.76 bits per heavy atom. The fourth-order valence-electron chi connectivity index (χ4n) is 1.65. The van der Waals surface area contributed by atoms with Crippen LogP contribution in [0.1, 0.15) is 0 Å². The zero-order valence-corrected chi connectivity index (χ0v) is 13.9. The van der Waals surface area contributed by atoms with Crippen molar-refractivity contribution < 1.29 is 31.3 Å². The third-order valence-electron chi connectivity index (χ3n) is 2.49. The first-order chi connectivity index (χ1) is 9.54. The standard InChI is InChI=1S/C13H10BrN3O3.BrH/c14-10-3-2-6-16(8-10)9-13(18)15-11-4-1-5-12(7-11)17(19)20;/h1-8H,9H2;1H. The number of carbonyl (C=O) groups is 1. The smallest absolute Gasteiger partial charge is 0.290 e. The van der Waals surface area contributed by atoms with Crippen molar-refractivity contribution in [2.45, 2.75) is 6.54 Å². The summed E-state index contributed by atoms with van der Waals surface area (Å²) in [7, 11) is 0. The highest BCUT2D eigenvalue weighted by atomic mass is 79.9. The molecule has 1 aromatic heterocycles. The lowest BCUT2D eigenvalue weighted by Gasteiger charge is -2.03. The first kappa shape index (κ1) is 17.3. The number of hydrogen-bond acceptors (Lipinski definition) is 3. The first-order valence-corrected chi connectivity index (χ1v) is 6.53. The summed E-state index contributed by atoms with van der Waals surface area (Å²) >= 11 is 3.32. The van der Waals surface area contributed by atoms with Gasteiger partial charge in [0.25, 0.3) is 11.6 Å². The van der Waals surface area contributed by atoms with Crippen molar-refractivity contribution in [1.82, 2.24) is 0 Å². The van der Waals surface area contributed by atoms with E-state index < -0.39 is 4.92 Å². The van der Waals surface area contributed by atoms with Crippen LogP contribution in [-0.4, -0.2) is 10.8 Å². The number of non-ortho nitro benzene ring substituents is 1. The molecule has 110 valence electrons. The Hall–Kier alpha value is -1.80. The molecule has 2 aromatic rings. The number of rotatable bonds is 4. The normalized spacial score (nSPS) is 9.57. The van der Waals surface area contributed by atoms with Gasteiger partial charge < -0.3 is 22.3 Å². The third kappa shape index (κ3) is 5.24. The monoisotopic (exact) mass is 415 g/mol. The molecule has 0 bridgehead atoms. The summed E-state index contributed by atoms with van der Waals surface area (Å²) in [5, 5.41) is 13.3. The Bertz CT molecular complexity index is 665. The molecule has 0 spiro atoms. The molecule has 1 heterocycles. The van der Waals surface area contributed by atoms with Gasteiger partial charge in [0.05, 0.1) is 9.40 Å². The second-order valence-electron chi connectivity index (χ2n) is 4.05. The fourth-order valence-corrected chi connectivity index (χ4v) is 2.07. The third-order valence-corrected chi connectivity index (χ3v) is 2.96. The molecule has 21 heavy (non-hydrogen) atoms. The Morgan fingerprint density at radius 1 is 1.33 bits per heavy atom. The summed E-state index contributed by atoms with van der Waals surface area (Å²) in [4.78, 5) is 22.0. The lowest BCUT2D eigenvalue weighted by molar-refractivity contribution is -0.684. The maximum absolute atomic E-state index is 11.9. The van der Waals surface area contributed by atoms with E-state index in [1.54, 1.807) is 23.0 Å². The Kier molecular flexibility index (Phi) is 6.44. The van der Waals surface area contributed by atoms with Crippen LogP contribution in [0.25, 0.3) is 0 Å². The predicted molar refractivity (Wildman–Crippen MR) is 76.1 cm³/mol. The number of benzene rings is 1. The summed E-state index contributed by atoms with van der Waals surface area (Å²) in [6, 6.07) is 9.50. The fraction of sp³-hybridized carbons (Fsp3) is 0.0769. The average Bonchev–Trinajstić information content (AvgIpc) is 2.38. The number of nitro groups is 1. The van der Waals surface area contributed by atoms with Gasteiger partial charge in [-0.25, -0.2) is 0 Å². The van der Waals surface area contributed by atoms with Gasteiger partial charge in [0, 0.05) is 23.9 Å². The highest BCUT2D eigenvalue weighted by molar-refractivity contribution is 9.10. The molecule has 0 aliphatic carbocycles. The number of nitrogens with zero attached hydrogens (tertiary/aromatic N) is 2. The van der Waals surface area contributed by atoms with Gasteiger partial charge in [0.1, 0.15) is 0 Å². The minimum Gasteiger partial charge on any atom is -1.00 e. The van der Waals surface area contributed by atoms with Crippen molar-refractivity contribution in [3.8, 4) is 0 Å². The van der Waals surface area contributed by atoms with E-state index in [-0.39, 0.29) is 35.1 Å². The van der Waals surface area contributed by atoms with E-state index in [2.05, 4.69) is 21.2 Å². The number of carbonyl (C=O) groups excluding carboxylic acids is 1. The number of aromatic nitrogens is 1. The Labute approximate surface area is 139 Å². The van der Waals surface area contributed by atoms with Gasteiger partial charge in [0.2, 0.25) is 6.54 Å². The van der Waals surface area contributed by atoms with Gasteiger partial charge in [-0.15, -0.1) is 0 Å². The predicted octanol–water partition coefficient (Wildman–Crippen LogP) is -0.713. The van der Waals surface area contributed by atoms with E-state index in [1.165, 1.54) is 18.2 Å². The molecule has 1 aromatic carbocycles. The van der Waals surface area contributed by atoms with Gasteiger partial charge in [-0.2, -0.15) is 4.57 Å². The van der Waals surface area contributed by atoms with Gasteiger partial charge in [-0.3, -0.25) is 14.9 Å². The van der Waals surface area contributed by atoms with E-state index >= 15 is 0 Å². The van der Waals surface area contributed by atoms with E-state index in [1.807, 2.05) is 12.1 Å². The van der Waals surface area contributed by atoms with Gasteiger partial charge >= 0.3 is 0 Å². The van der Waals surface area contributed by atoms with Crippen molar-refractivity contribution >= 4 is 33.2 Å². The summed E-state index contributed by atoms with van der Waals surface area (Å²) in [6.07, 6.45) is 3.53. The average molecular weight is 417 g/mol. The molecular formula is C13H11Br2N3O3. The summed E-state index contributed by atoms with van der Waals surface area (Å²) in [5.41, 5.74) is 0.345. The molecule has 0 aliphatic rings. The van der Waals surface area contributed by atoms with Crippen LogP contribution in [0.2, 0.25) is 0 Å². The zero-order valence-electron chi connectivity index (χ0n) is 10.7. The number of pyridine rings is 1.